The minimum Gasteiger partial charge on any atom is -0.870 e. The molecule has 0 rings (SSSR count). The Bertz CT molecular complexity index is 928. The van der Waals surface area contributed by atoms with E-state index in [2.05, 4.69) is 4.74 Å². The Kier molecular flexibility index (Phi) is 47.2. The first-order valence-corrected chi connectivity index (χ1v) is 18.7. The van der Waals surface area contributed by atoms with Gasteiger partial charge >= 0.3 is 42.7 Å². The van der Waals surface area contributed by atoms with Crippen molar-refractivity contribution in [2.24, 2.45) is 0 Å². The van der Waals surface area contributed by atoms with Crippen molar-refractivity contribution in [1.82, 2.24) is 0 Å². The van der Waals surface area contributed by atoms with Gasteiger partial charge in [-0.2, -0.15) is 0 Å². The summed E-state index contributed by atoms with van der Waals surface area (Å²) in [6.07, 6.45) is 1.95. The standard InChI is InChI=1S/C19H36O9.C18H34O9.Li.H2O/c1-19(2,3)28-17(20)6-5-7-23-8-9-24-10-11-25-12-13-26-14-15-27-16-18(21)22-4;1-18(2,3)27-17(21)5-4-6-22-7-8-23-9-10-24-11-12-25-13-14-26-15-16(19)20;;/h5-16H2,1-4H3;4-15H2,1-3H3,(H,19,20);;1H2/q;;+1;/p-1. The van der Waals surface area contributed by atoms with E-state index in [9.17, 15) is 19.2 Å². The van der Waals surface area contributed by atoms with Crippen LogP contribution in [0.1, 0.15) is 67.2 Å². The van der Waals surface area contributed by atoms with Crippen LogP contribution < -0.4 is 18.9 Å². The molecule has 0 fully saturated rings. The van der Waals surface area contributed by atoms with Crippen molar-refractivity contribution in [3.05, 3.63) is 0 Å². The maximum atomic E-state index is 11.5. The predicted octanol–water partition coefficient (Wildman–Crippen LogP) is -0.533. The van der Waals surface area contributed by atoms with Gasteiger partial charge in [0.25, 0.3) is 0 Å². The van der Waals surface area contributed by atoms with Crippen LogP contribution in [0.2, 0.25) is 0 Å². The van der Waals surface area contributed by atoms with E-state index < -0.39 is 23.1 Å². The second kappa shape index (κ2) is 43.6. The molecule has 0 aliphatic rings. The predicted molar refractivity (Wildman–Crippen MR) is 200 cm³/mol. The molecule has 0 saturated carbocycles. The zero-order chi connectivity index (χ0) is 41.5. The molecule has 19 nitrogen and oxygen atoms in total. The molecule has 57 heavy (non-hydrogen) atoms. The summed E-state index contributed by atoms with van der Waals surface area (Å²) in [6, 6.07) is 0. The second-order valence-corrected chi connectivity index (χ2v) is 13.4. The fourth-order valence-corrected chi connectivity index (χ4v) is 3.56. The van der Waals surface area contributed by atoms with Crippen molar-refractivity contribution in [2.45, 2.75) is 78.4 Å². The van der Waals surface area contributed by atoms with E-state index >= 15 is 0 Å². The summed E-state index contributed by atoms with van der Waals surface area (Å²) < 4.78 is 67.3. The van der Waals surface area contributed by atoms with Gasteiger partial charge in [0.05, 0.1) is 113 Å². The summed E-state index contributed by atoms with van der Waals surface area (Å²) in [6.45, 7) is 18.5. The fourth-order valence-electron chi connectivity index (χ4n) is 3.56. The fraction of sp³-hybridized carbons (Fsp3) is 0.892. The summed E-state index contributed by atoms with van der Waals surface area (Å²) in [7, 11) is 1.31. The van der Waals surface area contributed by atoms with Crippen molar-refractivity contribution in [2.75, 3.05) is 139 Å². The number of hydrogen-bond acceptors (Lipinski definition) is 18. The Morgan fingerprint density at radius 1 is 0.404 bits per heavy atom. The number of ether oxygens (including phenoxy) is 13. The van der Waals surface area contributed by atoms with Gasteiger partial charge in [0.2, 0.25) is 0 Å². The van der Waals surface area contributed by atoms with Crippen molar-refractivity contribution in [3.8, 4) is 0 Å². The van der Waals surface area contributed by atoms with E-state index in [-0.39, 0.29) is 56.1 Å². The van der Waals surface area contributed by atoms with Gasteiger partial charge in [0.1, 0.15) is 24.4 Å². The molecule has 0 atom stereocenters. The Morgan fingerprint density at radius 2 is 0.649 bits per heavy atom. The van der Waals surface area contributed by atoms with Gasteiger partial charge in [-0.05, 0) is 54.4 Å². The van der Waals surface area contributed by atoms with Crippen LogP contribution in [0.15, 0.2) is 0 Å². The Hall–Kier alpha value is -1.96. The second-order valence-electron chi connectivity index (χ2n) is 13.4. The van der Waals surface area contributed by atoms with Crippen LogP contribution in [0, 0.1) is 0 Å². The largest absolute Gasteiger partial charge is 1.00 e. The van der Waals surface area contributed by atoms with Gasteiger partial charge in [0, 0.05) is 26.1 Å². The van der Waals surface area contributed by atoms with Gasteiger partial charge < -0.3 is 72.2 Å². The number of rotatable bonds is 36. The zero-order valence-corrected chi connectivity index (χ0v) is 35.8. The summed E-state index contributed by atoms with van der Waals surface area (Å²) >= 11 is 0. The molecule has 20 heteroatoms. The molecule has 0 bridgehead atoms. The average Bonchev–Trinajstić information content (AvgIpc) is 3.09. The molecule has 0 amide bonds. The van der Waals surface area contributed by atoms with Gasteiger partial charge in [-0.1, -0.05) is 0 Å². The molecule has 0 aromatic heterocycles. The van der Waals surface area contributed by atoms with Crippen molar-refractivity contribution < 1.29 is 110 Å². The Balaban J connectivity index is -0.000000476. The molecule has 0 aromatic carbocycles. The summed E-state index contributed by atoms with van der Waals surface area (Å²) in [5.41, 5.74) is -0.892. The topological polar surface area (TPSA) is 238 Å². The third kappa shape index (κ3) is 58.4. The number of esters is 3. The minimum atomic E-state index is -0.996. The van der Waals surface area contributed by atoms with Crippen LogP contribution in [0.3, 0.4) is 0 Å². The summed E-state index contributed by atoms with van der Waals surface area (Å²) in [5, 5.41) is 8.36. The molecular formula is C37H71LiO19. The van der Waals surface area contributed by atoms with Gasteiger partial charge in [-0.15, -0.1) is 0 Å². The Labute approximate surface area is 351 Å². The summed E-state index contributed by atoms with van der Waals surface area (Å²) in [5.74, 6) is -1.82. The SMILES string of the molecule is CC(C)(C)OC(=O)CCCOCCOCCOCCOCCOCC(=O)O.COC(=O)COCCOCCOCCOCCOCCCC(=O)OC(C)(C)C.[Li+].[OH-]. The van der Waals surface area contributed by atoms with E-state index in [1.807, 2.05) is 41.5 Å². The molecule has 0 aliphatic heterocycles. The first-order chi connectivity index (χ1) is 26.2. The maximum absolute atomic E-state index is 11.5. The van der Waals surface area contributed by atoms with Gasteiger partial charge in [0.15, 0.2) is 0 Å². The first-order valence-electron chi connectivity index (χ1n) is 18.7. The molecule has 0 unspecified atom stereocenters. The van der Waals surface area contributed by atoms with E-state index in [1.165, 1.54) is 7.11 Å². The number of methoxy groups -OCH3 is 1. The van der Waals surface area contributed by atoms with Crippen LogP contribution in [0.5, 0.6) is 0 Å². The third-order valence-corrected chi connectivity index (χ3v) is 5.83. The minimum absolute atomic E-state index is 0. The molecule has 0 aromatic rings. The number of carboxylic acids is 1. The monoisotopic (exact) mass is 826 g/mol. The van der Waals surface area contributed by atoms with Crippen LogP contribution in [0.4, 0.5) is 0 Å². The Morgan fingerprint density at radius 3 is 0.895 bits per heavy atom. The van der Waals surface area contributed by atoms with Crippen molar-refractivity contribution in [1.29, 1.82) is 0 Å². The number of hydrogen-bond donors (Lipinski definition) is 1. The number of carbonyl (C=O) groups is 4. The number of carbonyl (C=O) groups excluding carboxylic acids is 3. The van der Waals surface area contributed by atoms with Crippen molar-refractivity contribution in [3.63, 3.8) is 0 Å². The van der Waals surface area contributed by atoms with E-state index in [4.69, 9.17) is 61.9 Å². The van der Waals surface area contributed by atoms with Crippen LogP contribution in [-0.4, -0.2) is 185 Å². The molecular weight excluding hydrogens is 755 g/mol. The normalized spacial score (nSPS) is 11.1. The van der Waals surface area contributed by atoms with Crippen molar-refractivity contribution >= 4 is 23.9 Å². The smallest absolute Gasteiger partial charge is 0.870 e. The van der Waals surface area contributed by atoms with E-state index in [1.54, 1.807) is 0 Å². The van der Waals surface area contributed by atoms with Gasteiger partial charge in [-0.3, -0.25) is 9.59 Å². The van der Waals surface area contributed by atoms with Crippen LogP contribution >= 0.6 is 0 Å². The molecule has 0 spiro atoms. The molecule has 334 valence electrons. The molecule has 0 saturated heterocycles. The molecule has 2 N–H and O–H groups in total. The average molecular weight is 827 g/mol. The first kappa shape index (κ1) is 61.7. The molecule has 0 radical (unpaired) electrons. The summed E-state index contributed by atoms with van der Waals surface area (Å²) in [4.78, 5) is 43.9. The van der Waals surface area contributed by atoms with Gasteiger partial charge in [-0.25, -0.2) is 9.59 Å². The number of aliphatic carboxylic acids is 1. The quantitative estimate of drug-likeness (QED) is 0.0361. The molecule has 0 aliphatic carbocycles. The zero-order valence-electron chi connectivity index (χ0n) is 35.8. The third-order valence-electron chi connectivity index (χ3n) is 5.83. The number of carboxylic acid groups (broad SMARTS) is 1. The van der Waals surface area contributed by atoms with Crippen LogP contribution in [0.25, 0.3) is 0 Å². The maximum Gasteiger partial charge on any atom is 1.00 e. The molecule has 0 heterocycles. The van der Waals surface area contributed by atoms with E-state index in [0.717, 1.165) is 0 Å². The van der Waals surface area contributed by atoms with Crippen LogP contribution in [-0.2, 0) is 80.8 Å². The van der Waals surface area contributed by atoms with E-state index in [0.29, 0.717) is 138 Å².